The molecule has 0 bridgehead atoms. The molecule has 1 heterocycles. The summed E-state index contributed by atoms with van der Waals surface area (Å²) >= 11 is 0. The first kappa shape index (κ1) is 15.3. The van der Waals surface area contributed by atoms with Crippen molar-refractivity contribution in [3.8, 4) is 0 Å². The van der Waals surface area contributed by atoms with Crippen molar-refractivity contribution in [3.63, 3.8) is 0 Å². The second kappa shape index (κ2) is 8.25. The lowest BCUT2D eigenvalue weighted by atomic mass is 10.1. The number of morpholine rings is 1. The van der Waals surface area contributed by atoms with E-state index in [1.165, 1.54) is 11.3 Å². The van der Waals surface area contributed by atoms with E-state index in [0.717, 1.165) is 32.8 Å². The number of para-hydroxylation sites is 1. The van der Waals surface area contributed by atoms with Crippen molar-refractivity contribution in [2.75, 3.05) is 31.7 Å². The molecule has 20 heavy (non-hydrogen) atoms. The van der Waals surface area contributed by atoms with Gasteiger partial charge in [0.15, 0.2) is 0 Å². The minimum Gasteiger partial charge on any atom is -0.382 e. The molecule has 1 aromatic rings. The molecule has 2 rings (SSSR count). The number of hydrogen-bond donors (Lipinski definition) is 2. The van der Waals surface area contributed by atoms with Gasteiger partial charge in [-0.1, -0.05) is 18.2 Å². The minimum absolute atomic E-state index is 0.400. The Bertz CT molecular complexity index is 392. The molecule has 1 aliphatic heterocycles. The van der Waals surface area contributed by atoms with Crippen molar-refractivity contribution < 1.29 is 9.47 Å². The van der Waals surface area contributed by atoms with Gasteiger partial charge in [-0.15, -0.1) is 0 Å². The summed E-state index contributed by atoms with van der Waals surface area (Å²) < 4.78 is 11.0. The van der Waals surface area contributed by atoms with Gasteiger partial charge in [0, 0.05) is 36.5 Å². The summed E-state index contributed by atoms with van der Waals surface area (Å²) in [5, 5.41) is 7.09. The van der Waals surface area contributed by atoms with Gasteiger partial charge >= 0.3 is 0 Å². The summed E-state index contributed by atoms with van der Waals surface area (Å²) in [5.74, 6) is 0. The number of anilines is 1. The molecular formula is C16H26N2O2. The summed E-state index contributed by atoms with van der Waals surface area (Å²) in [7, 11) is 0. The number of benzene rings is 1. The highest BCUT2D eigenvalue weighted by Crippen LogP contribution is 2.18. The Hall–Kier alpha value is -1.10. The molecule has 2 unspecified atom stereocenters. The lowest BCUT2D eigenvalue weighted by Gasteiger charge is -2.27. The Balaban J connectivity index is 1.87. The van der Waals surface area contributed by atoms with Crippen molar-refractivity contribution in [3.05, 3.63) is 29.8 Å². The van der Waals surface area contributed by atoms with E-state index in [0.29, 0.717) is 18.7 Å². The van der Waals surface area contributed by atoms with Gasteiger partial charge in [0.25, 0.3) is 0 Å². The molecule has 0 amide bonds. The third-order valence-electron chi connectivity index (χ3n) is 3.52. The molecule has 1 fully saturated rings. The fourth-order valence-electron chi connectivity index (χ4n) is 2.52. The van der Waals surface area contributed by atoms with Gasteiger partial charge in [-0.2, -0.15) is 0 Å². The molecule has 1 aromatic carbocycles. The second-order valence-corrected chi connectivity index (χ2v) is 5.30. The highest BCUT2D eigenvalue weighted by molar-refractivity contribution is 5.51. The third-order valence-corrected chi connectivity index (χ3v) is 3.52. The summed E-state index contributed by atoms with van der Waals surface area (Å²) in [4.78, 5) is 0. The first-order valence-corrected chi connectivity index (χ1v) is 7.53. The number of nitrogens with one attached hydrogen (secondary N) is 2. The van der Waals surface area contributed by atoms with Crippen LogP contribution in [0.3, 0.4) is 0 Å². The Morgan fingerprint density at radius 2 is 2.30 bits per heavy atom. The van der Waals surface area contributed by atoms with Crippen LogP contribution in [-0.4, -0.2) is 38.4 Å². The van der Waals surface area contributed by atoms with Crippen molar-refractivity contribution in [1.29, 1.82) is 0 Å². The Morgan fingerprint density at radius 3 is 3.05 bits per heavy atom. The molecule has 0 aromatic heterocycles. The lowest BCUT2D eigenvalue weighted by Crippen LogP contribution is -2.43. The highest BCUT2D eigenvalue weighted by Gasteiger charge is 2.16. The molecule has 4 nitrogen and oxygen atoms in total. The molecule has 1 aliphatic rings. The summed E-state index contributed by atoms with van der Waals surface area (Å²) in [5.41, 5.74) is 2.39. The van der Waals surface area contributed by atoms with Crippen LogP contribution < -0.4 is 10.6 Å². The molecule has 0 radical (unpaired) electrons. The summed E-state index contributed by atoms with van der Waals surface area (Å²) in [6.07, 6.45) is 1.06. The van der Waals surface area contributed by atoms with Crippen molar-refractivity contribution in [2.24, 2.45) is 0 Å². The van der Waals surface area contributed by atoms with Crippen LogP contribution >= 0.6 is 0 Å². The average Bonchev–Trinajstić information content (AvgIpc) is 2.47. The van der Waals surface area contributed by atoms with Gasteiger partial charge in [0.1, 0.15) is 0 Å². The van der Waals surface area contributed by atoms with Crippen LogP contribution in [0.2, 0.25) is 0 Å². The third kappa shape index (κ3) is 4.78. The summed E-state index contributed by atoms with van der Waals surface area (Å²) in [6.45, 7) is 8.24. The zero-order chi connectivity index (χ0) is 14.2. The molecule has 4 heteroatoms. The van der Waals surface area contributed by atoms with E-state index in [9.17, 15) is 0 Å². The van der Waals surface area contributed by atoms with E-state index in [2.05, 4.69) is 41.8 Å². The van der Waals surface area contributed by atoms with Crippen molar-refractivity contribution in [2.45, 2.75) is 39.0 Å². The van der Waals surface area contributed by atoms with E-state index in [4.69, 9.17) is 9.47 Å². The maximum Gasteiger partial charge on any atom is 0.0736 e. The topological polar surface area (TPSA) is 42.5 Å². The molecule has 2 N–H and O–H groups in total. The van der Waals surface area contributed by atoms with Crippen LogP contribution in [0.25, 0.3) is 0 Å². The van der Waals surface area contributed by atoms with E-state index < -0.39 is 0 Å². The van der Waals surface area contributed by atoms with Gasteiger partial charge in [0.2, 0.25) is 0 Å². The van der Waals surface area contributed by atoms with Crippen molar-refractivity contribution in [1.82, 2.24) is 5.32 Å². The Morgan fingerprint density at radius 1 is 1.45 bits per heavy atom. The predicted molar refractivity (Wildman–Crippen MR) is 82.1 cm³/mol. The highest BCUT2D eigenvalue weighted by atomic mass is 16.5. The standard InChI is InChI=1S/C16H26N2O2/c1-3-19-11-14-6-4-5-7-16(14)18-13(2)10-15-12-20-9-8-17-15/h4-7,13,15,17-18H,3,8-12H2,1-2H3. The zero-order valence-corrected chi connectivity index (χ0v) is 12.5. The smallest absolute Gasteiger partial charge is 0.0736 e. The first-order valence-electron chi connectivity index (χ1n) is 7.53. The van der Waals surface area contributed by atoms with E-state index in [1.54, 1.807) is 0 Å². The second-order valence-electron chi connectivity index (χ2n) is 5.30. The lowest BCUT2D eigenvalue weighted by molar-refractivity contribution is 0.0731. The maximum absolute atomic E-state index is 5.52. The monoisotopic (exact) mass is 278 g/mol. The molecular weight excluding hydrogens is 252 g/mol. The normalized spacial score (nSPS) is 20.6. The number of rotatable bonds is 7. The average molecular weight is 278 g/mol. The van der Waals surface area contributed by atoms with Crippen molar-refractivity contribution >= 4 is 5.69 Å². The maximum atomic E-state index is 5.52. The van der Waals surface area contributed by atoms with Crippen LogP contribution in [0.15, 0.2) is 24.3 Å². The van der Waals surface area contributed by atoms with Crippen LogP contribution in [-0.2, 0) is 16.1 Å². The zero-order valence-electron chi connectivity index (χ0n) is 12.5. The SMILES string of the molecule is CCOCc1ccccc1NC(C)CC1COCCN1. The van der Waals surface area contributed by atoms with E-state index in [1.807, 2.05) is 6.92 Å². The molecule has 0 aliphatic carbocycles. The van der Waals surface area contributed by atoms with E-state index in [-0.39, 0.29) is 0 Å². The van der Waals surface area contributed by atoms with Gasteiger partial charge < -0.3 is 20.1 Å². The Labute approximate surface area is 121 Å². The van der Waals surface area contributed by atoms with Gasteiger partial charge in [-0.25, -0.2) is 0 Å². The fraction of sp³-hybridized carbons (Fsp3) is 0.625. The van der Waals surface area contributed by atoms with Crippen LogP contribution in [0.4, 0.5) is 5.69 Å². The van der Waals surface area contributed by atoms with Crippen LogP contribution in [0.1, 0.15) is 25.8 Å². The molecule has 1 saturated heterocycles. The molecule has 0 saturated carbocycles. The molecule has 112 valence electrons. The first-order chi connectivity index (χ1) is 9.79. The largest absolute Gasteiger partial charge is 0.382 e. The number of ether oxygens (including phenoxy) is 2. The van der Waals surface area contributed by atoms with Gasteiger partial charge in [0.05, 0.1) is 19.8 Å². The Kier molecular flexibility index (Phi) is 6.30. The molecule has 2 atom stereocenters. The fourth-order valence-corrected chi connectivity index (χ4v) is 2.52. The van der Waals surface area contributed by atoms with Crippen LogP contribution in [0, 0.1) is 0 Å². The quantitative estimate of drug-likeness (QED) is 0.804. The van der Waals surface area contributed by atoms with Gasteiger partial charge in [-0.05, 0) is 26.3 Å². The minimum atomic E-state index is 0.400. The predicted octanol–water partition coefficient (Wildman–Crippen LogP) is 2.40. The molecule has 0 spiro atoms. The number of hydrogen-bond acceptors (Lipinski definition) is 4. The van der Waals surface area contributed by atoms with Gasteiger partial charge in [-0.3, -0.25) is 0 Å². The summed E-state index contributed by atoms with van der Waals surface area (Å²) in [6, 6.07) is 9.21. The van der Waals surface area contributed by atoms with E-state index >= 15 is 0 Å². The van der Waals surface area contributed by atoms with Crippen LogP contribution in [0.5, 0.6) is 0 Å².